The van der Waals surface area contributed by atoms with Crippen LogP contribution in [0.5, 0.6) is 0 Å². The number of aliphatic hydroxyl groups excluding tert-OH is 1. The summed E-state index contributed by atoms with van der Waals surface area (Å²) in [4.78, 5) is 11.4. The molecule has 0 aliphatic carbocycles. The monoisotopic (exact) mass is 306 g/mol. The van der Waals surface area contributed by atoms with Crippen LogP contribution >= 0.6 is 0 Å². The van der Waals surface area contributed by atoms with Crippen molar-refractivity contribution in [1.29, 1.82) is 0 Å². The first-order chi connectivity index (χ1) is 10.0. The number of hydrogen-bond acceptors (Lipinski definition) is 7. The van der Waals surface area contributed by atoms with E-state index < -0.39 is 6.10 Å². The molecule has 0 aromatic carbocycles. The van der Waals surface area contributed by atoms with Gasteiger partial charge in [0.05, 0.1) is 24.7 Å². The molecule has 4 atom stereocenters. The number of rotatable bonds is 10. The van der Waals surface area contributed by atoms with E-state index in [9.17, 15) is 9.90 Å². The first kappa shape index (κ1) is 18.3. The summed E-state index contributed by atoms with van der Waals surface area (Å²) in [7, 11) is 3.11. The molecule has 0 radical (unpaired) electrons. The quantitative estimate of drug-likeness (QED) is 0.473. The van der Waals surface area contributed by atoms with Crippen molar-refractivity contribution in [2.24, 2.45) is 0 Å². The second-order valence-corrected chi connectivity index (χ2v) is 5.26. The minimum Gasteiger partial charge on any atom is -0.462 e. The average Bonchev–Trinajstić information content (AvgIpc) is 2.41. The standard InChI is InChI=1S/C14H26O7/c1-10(19-8-17-2)4-12(20-9-18-3)7-13-5-11(15)6-14(16)21-13/h10-13,15H,4-9H2,1-3H3/t10-,11-,12-,13+/m0/s1. The lowest BCUT2D eigenvalue weighted by atomic mass is 9.98. The van der Waals surface area contributed by atoms with Crippen LogP contribution in [0.1, 0.15) is 32.6 Å². The molecule has 1 fully saturated rings. The lowest BCUT2D eigenvalue weighted by molar-refractivity contribution is -0.165. The molecule has 7 nitrogen and oxygen atoms in total. The highest BCUT2D eigenvalue weighted by atomic mass is 16.7. The molecule has 1 aliphatic heterocycles. The van der Waals surface area contributed by atoms with Gasteiger partial charge in [0, 0.05) is 27.1 Å². The molecule has 1 rings (SSSR count). The van der Waals surface area contributed by atoms with Crippen molar-refractivity contribution in [2.45, 2.75) is 57.0 Å². The molecule has 1 heterocycles. The van der Waals surface area contributed by atoms with Gasteiger partial charge in [-0.25, -0.2) is 0 Å². The van der Waals surface area contributed by atoms with Crippen LogP contribution in [-0.2, 0) is 28.5 Å². The summed E-state index contributed by atoms with van der Waals surface area (Å²) in [6.07, 6.45) is 0.415. The number of esters is 1. The molecule has 0 aromatic heterocycles. The third-order valence-electron chi connectivity index (χ3n) is 3.25. The fraction of sp³-hybridized carbons (Fsp3) is 0.929. The van der Waals surface area contributed by atoms with Crippen LogP contribution in [0.2, 0.25) is 0 Å². The van der Waals surface area contributed by atoms with E-state index in [0.717, 1.165) is 0 Å². The maximum Gasteiger partial charge on any atom is 0.308 e. The zero-order valence-electron chi connectivity index (χ0n) is 12.9. The van der Waals surface area contributed by atoms with Crippen molar-refractivity contribution < 1.29 is 33.6 Å². The van der Waals surface area contributed by atoms with Gasteiger partial charge in [0.1, 0.15) is 19.7 Å². The summed E-state index contributed by atoms with van der Waals surface area (Å²) >= 11 is 0. The molecule has 1 saturated heterocycles. The van der Waals surface area contributed by atoms with Crippen LogP contribution in [-0.4, -0.2) is 63.3 Å². The first-order valence-electron chi connectivity index (χ1n) is 7.13. The van der Waals surface area contributed by atoms with Crippen LogP contribution in [0, 0.1) is 0 Å². The van der Waals surface area contributed by atoms with Crippen LogP contribution in [0.15, 0.2) is 0 Å². The molecule has 124 valence electrons. The molecule has 1 N–H and O–H groups in total. The van der Waals surface area contributed by atoms with E-state index in [4.69, 9.17) is 23.7 Å². The molecule has 0 unspecified atom stereocenters. The highest BCUT2D eigenvalue weighted by Gasteiger charge is 2.30. The largest absolute Gasteiger partial charge is 0.462 e. The molecule has 0 amide bonds. The molecule has 0 bridgehead atoms. The van der Waals surface area contributed by atoms with Crippen molar-refractivity contribution in [2.75, 3.05) is 27.8 Å². The van der Waals surface area contributed by atoms with E-state index in [1.165, 1.54) is 0 Å². The van der Waals surface area contributed by atoms with Crippen LogP contribution in [0.4, 0.5) is 0 Å². The topological polar surface area (TPSA) is 83.5 Å². The summed E-state index contributed by atoms with van der Waals surface area (Å²) in [6.45, 7) is 2.30. The zero-order valence-corrected chi connectivity index (χ0v) is 12.9. The second kappa shape index (κ2) is 10.1. The third kappa shape index (κ3) is 7.73. The van der Waals surface area contributed by atoms with E-state index in [1.54, 1.807) is 14.2 Å². The van der Waals surface area contributed by atoms with Crippen molar-refractivity contribution in [3.8, 4) is 0 Å². The van der Waals surface area contributed by atoms with Gasteiger partial charge in [-0.05, 0) is 13.3 Å². The second-order valence-electron chi connectivity index (χ2n) is 5.26. The normalized spacial score (nSPS) is 25.4. The van der Waals surface area contributed by atoms with Crippen molar-refractivity contribution in [3.63, 3.8) is 0 Å². The fourth-order valence-electron chi connectivity index (χ4n) is 2.32. The van der Waals surface area contributed by atoms with Crippen LogP contribution in [0.25, 0.3) is 0 Å². The molecule has 1 aliphatic rings. The van der Waals surface area contributed by atoms with E-state index in [1.807, 2.05) is 6.92 Å². The van der Waals surface area contributed by atoms with Gasteiger partial charge in [-0.1, -0.05) is 0 Å². The molecule has 21 heavy (non-hydrogen) atoms. The van der Waals surface area contributed by atoms with Gasteiger partial charge in [0.2, 0.25) is 0 Å². The molecule has 0 spiro atoms. The SMILES string of the molecule is COCO[C@H](C[C@H]1C[C@H](O)CC(=O)O1)C[C@H](C)OCOC. The Labute approximate surface area is 125 Å². The Balaban J connectivity index is 2.45. The number of cyclic esters (lactones) is 1. The maximum atomic E-state index is 11.4. The molecule has 7 heteroatoms. The van der Waals surface area contributed by atoms with Gasteiger partial charge in [0.15, 0.2) is 0 Å². The number of ether oxygens (including phenoxy) is 5. The Morgan fingerprint density at radius 2 is 1.95 bits per heavy atom. The van der Waals surface area contributed by atoms with Gasteiger partial charge in [-0.2, -0.15) is 0 Å². The molecular weight excluding hydrogens is 280 g/mol. The minimum absolute atomic E-state index is 0.0592. The third-order valence-corrected chi connectivity index (χ3v) is 3.25. The summed E-state index contributed by atoms with van der Waals surface area (Å²) in [5.74, 6) is -0.368. The lowest BCUT2D eigenvalue weighted by Crippen LogP contribution is -2.36. The maximum absolute atomic E-state index is 11.4. The predicted molar refractivity (Wildman–Crippen MR) is 73.5 cm³/mol. The Morgan fingerprint density at radius 3 is 2.57 bits per heavy atom. The van der Waals surface area contributed by atoms with Gasteiger partial charge >= 0.3 is 5.97 Å². The van der Waals surface area contributed by atoms with Crippen molar-refractivity contribution in [3.05, 3.63) is 0 Å². The van der Waals surface area contributed by atoms with Gasteiger partial charge < -0.3 is 28.8 Å². The Bertz CT molecular complexity index is 297. The minimum atomic E-state index is -0.638. The van der Waals surface area contributed by atoms with E-state index in [-0.39, 0.29) is 44.3 Å². The molecule has 0 saturated carbocycles. The first-order valence-corrected chi connectivity index (χ1v) is 7.13. The van der Waals surface area contributed by atoms with E-state index in [0.29, 0.717) is 19.3 Å². The summed E-state index contributed by atoms with van der Waals surface area (Å²) in [5.41, 5.74) is 0. The fourth-order valence-corrected chi connectivity index (χ4v) is 2.32. The highest BCUT2D eigenvalue weighted by Crippen LogP contribution is 2.22. The smallest absolute Gasteiger partial charge is 0.308 e. The number of hydrogen-bond donors (Lipinski definition) is 1. The number of methoxy groups -OCH3 is 2. The van der Waals surface area contributed by atoms with Crippen LogP contribution in [0.3, 0.4) is 0 Å². The van der Waals surface area contributed by atoms with E-state index >= 15 is 0 Å². The summed E-state index contributed by atoms with van der Waals surface area (Å²) in [6, 6.07) is 0. The number of carbonyl (C=O) groups excluding carboxylic acids is 1. The Morgan fingerprint density at radius 1 is 1.29 bits per heavy atom. The predicted octanol–water partition coefficient (Wildman–Crippen LogP) is 0.831. The molecular formula is C14H26O7. The van der Waals surface area contributed by atoms with Crippen molar-refractivity contribution >= 4 is 5.97 Å². The summed E-state index contributed by atoms with van der Waals surface area (Å²) in [5, 5.41) is 9.63. The van der Waals surface area contributed by atoms with Gasteiger partial charge in [-0.3, -0.25) is 4.79 Å². The van der Waals surface area contributed by atoms with Crippen LogP contribution < -0.4 is 0 Å². The number of carbonyl (C=O) groups is 1. The Kier molecular flexibility index (Phi) is 8.79. The van der Waals surface area contributed by atoms with Gasteiger partial charge in [-0.15, -0.1) is 0 Å². The lowest BCUT2D eigenvalue weighted by Gasteiger charge is -2.30. The summed E-state index contributed by atoms with van der Waals surface area (Å²) < 4.78 is 26.1. The average molecular weight is 306 g/mol. The van der Waals surface area contributed by atoms with E-state index in [2.05, 4.69) is 0 Å². The van der Waals surface area contributed by atoms with Crippen molar-refractivity contribution in [1.82, 2.24) is 0 Å². The number of aliphatic hydroxyl groups is 1. The van der Waals surface area contributed by atoms with Gasteiger partial charge in [0.25, 0.3) is 0 Å². The Hall–Kier alpha value is -0.730. The zero-order chi connectivity index (χ0) is 15.7. The highest BCUT2D eigenvalue weighted by molar-refractivity contribution is 5.70. The molecule has 0 aromatic rings.